The van der Waals surface area contributed by atoms with Crippen LogP contribution >= 0.6 is 27.3 Å². The van der Waals surface area contributed by atoms with E-state index in [2.05, 4.69) is 21.2 Å². The summed E-state index contributed by atoms with van der Waals surface area (Å²) in [4.78, 5) is 12.2. The summed E-state index contributed by atoms with van der Waals surface area (Å²) in [5, 5.41) is 22.4. The van der Waals surface area contributed by atoms with Crippen LogP contribution in [-0.4, -0.2) is 34.9 Å². The first-order valence-corrected chi connectivity index (χ1v) is 5.97. The van der Waals surface area contributed by atoms with Gasteiger partial charge in [-0.25, -0.2) is 0 Å². The summed E-state index contributed by atoms with van der Waals surface area (Å²) in [5.74, 6) is -0.303. The summed E-state index contributed by atoms with van der Waals surface area (Å²) in [6.07, 6.45) is 0. The predicted molar refractivity (Wildman–Crippen MR) is 62.1 cm³/mol. The lowest BCUT2D eigenvalue weighted by Crippen LogP contribution is -2.51. The Balaban J connectivity index is 2.76. The molecule has 0 fully saturated rings. The van der Waals surface area contributed by atoms with E-state index in [0.29, 0.717) is 9.35 Å². The van der Waals surface area contributed by atoms with E-state index in [9.17, 15) is 4.79 Å². The second-order valence-electron chi connectivity index (χ2n) is 3.43. The van der Waals surface area contributed by atoms with Crippen molar-refractivity contribution in [1.82, 2.24) is 5.32 Å². The molecule has 0 spiro atoms. The van der Waals surface area contributed by atoms with Gasteiger partial charge in [0.05, 0.1) is 18.8 Å². The molecular weight excluding hydrogens is 282 g/mol. The van der Waals surface area contributed by atoms with E-state index in [1.807, 2.05) is 0 Å². The zero-order valence-electron chi connectivity index (χ0n) is 8.16. The lowest BCUT2D eigenvalue weighted by Gasteiger charge is -2.25. The molecule has 3 N–H and O–H groups in total. The fraction of sp³-hybridized carbons (Fsp3) is 0.444. The second-order valence-corrected chi connectivity index (χ2v) is 5.20. The molecule has 0 aliphatic carbocycles. The SMILES string of the molecule is CC(CO)(CO)NC(=O)c1sccc1Br. The van der Waals surface area contributed by atoms with Gasteiger partial charge in [0.2, 0.25) is 0 Å². The number of rotatable bonds is 4. The lowest BCUT2D eigenvalue weighted by atomic mass is 10.1. The molecule has 0 atom stereocenters. The number of aliphatic hydroxyl groups excluding tert-OH is 2. The Morgan fingerprint density at radius 3 is 2.60 bits per heavy atom. The summed E-state index contributed by atoms with van der Waals surface area (Å²) < 4.78 is 0.711. The van der Waals surface area contributed by atoms with Crippen molar-refractivity contribution < 1.29 is 15.0 Å². The maximum atomic E-state index is 11.7. The average molecular weight is 294 g/mol. The Kier molecular flexibility index (Phi) is 4.27. The van der Waals surface area contributed by atoms with E-state index in [4.69, 9.17) is 10.2 Å². The van der Waals surface area contributed by atoms with Gasteiger partial charge in [-0.3, -0.25) is 4.79 Å². The van der Waals surface area contributed by atoms with E-state index < -0.39 is 5.54 Å². The van der Waals surface area contributed by atoms with Gasteiger partial charge in [-0.15, -0.1) is 11.3 Å². The number of nitrogens with one attached hydrogen (secondary N) is 1. The summed E-state index contributed by atoms with van der Waals surface area (Å²) in [6.45, 7) is 0.961. The van der Waals surface area contributed by atoms with Crippen LogP contribution in [0.25, 0.3) is 0 Å². The van der Waals surface area contributed by atoms with Crippen molar-refractivity contribution in [1.29, 1.82) is 0 Å². The van der Waals surface area contributed by atoms with Gasteiger partial charge in [0.1, 0.15) is 4.88 Å². The number of halogens is 1. The normalized spacial score (nSPS) is 11.5. The summed E-state index contributed by atoms with van der Waals surface area (Å²) in [6, 6.07) is 1.77. The van der Waals surface area contributed by atoms with Crippen LogP contribution in [-0.2, 0) is 0 Å². The topological polar surface area (TPSA) is 69.6 Å². The van der Waals surface area contributed by atoms with Gasteiger partial charge in [0, 0.05) is 4.47 Å². The average Bonchev–Trinajstić information content (AvgIpc) is 2.64. The smallest absolute Gasteiger partial charge is 0.263 e. The van der Waals surface area contributed by atoms with Crippen LogP contribution in [0.2, 0.25) is 0 Å². The third-order valence-electron chi connectivity index (χ3n) is 1.94. The second kappa shape index (κ2) is 5.07. The minimum atomic E-state index is -0.986. The van der Waals surface area contributed by atoms with Gasteiger partial charge in [-0.2, -0.15) is 0 Å². The Morgan fingerprint density at radius 2 is 2.20 bits per heavy atom. The number of amides is 1. The molecule has 0 unspecified atom stereocenters. The highest BCUT2D eigenvalue weighted by atomic mass is 79.9. The minimum absolute atomic E-state index is 0.303. The molecule has 15 heavy (non-hydrogen) atoms. The Bertz CT molecular complexity index is 349. The molecular formula is C9H12BrNO3S. The van der Waals surface area contributed by atoms with Gasteiger partial charge in [0.25, 0.3) is 5.91 Å². The zero-order chi connectivity index (χ0) is 11.5. The van der Waals surface area contributed by atoms with Crippen LogP contribution < -0.4 is 5.32 Å². The molecule has 0 saturated carbocycles. The first-order chi connectivity index (χ1) is 7.02. The number of carbonyl (C=O) groups is 1. The summed E-state index contributed by atoms with van der Waals surface area (Å²) >= 11 is 4.54. The Morgan fingerprint density at radius 1 is 1.60 bits per heavy atom. The highest BCUT2D eigenvalue weighted by Crippen LogP contribution is 2.22. The van der Waals surface area contributed by atoms with E-state index in [0.717, 1.165) is 0 Å². The summed E-state index contributed by atoms with van der Waals surface area (Å²) in [7, 11) is 0. The fourth-order valence-electron chi connectivity index (χ4n) is 0.916. The molecule has 0 aliphatic heterocycles. The zero-order valence-corrected chi connectivity index (χ0v) is 10.6. The molecule has 1 aromatic heterocycles. The van der Waals surface area contributed by atoms with Gasteiger partial charge < -0.3 is 15.5 Å². The van der Waals surface area contributed by atoms with Crippen molar-refractivity contribution in [3.05, 3.63) is 20.8 Å². The molecule has 84 valence electrons. The van der Waals surface area contributed by atoms with E-state index >= 15 is 0 Å². The molecule has 1 amide bonds. The first kappa shape index (κ1) is 12.6. The van der Waals surface area contributed by atoms with Crippen molar-refractivity contribution in [3.8, 4) is 0 Å². The van der Waals surface area contributed by atoms with Crippen molar-refractivity contribution in [2.45, 2.75) is 12.5 Å². The largest absolute Gasteiger partial charge is 0.394 e. The molecule has 0 saturated heterocycles. The quantitative estimate of drug-likeness (QED) is 0.775. The molecule has 1 aromatic rings. The number of thiophene rings is 1. The van der Waals surface area contributed by atoms with Crippen LogP contribution in [0.1, 0.15) is 16.6 Å². The highest BCUT2D eigenvalue weighted by Gasteiger charge is 2.26. The van der Waals surface area contributed by atoms with E-state index in [1.54, 1.807) is 18.4 Å². The van der Waals surface area contributed by atoms with E-state index in [1.165, 1.54) is 11.3 Å². The van der Waals surface area contributed by atoms with Gasteiger partial charge in [0.15, 0.2) is 0 Å². The molecule has 0 aliphatic rings. The number of hydrogen-bond donors (Lipinski definition) is 3. The van der Waals surface area contributed by atoms with Crippen LogP contribution in [0.4, 0.5) is 0 Å². The third-order valence-corrected chi connectivity index (χ3v) is 3.77. The van der Waals surface area contributed by atoms with Crippen LogP contribution in [0, 0.1) is 0 Å². The molecule has 0 bridgehead atoms. The number of carbonyl (C=O) groups excluding carboxylic acids is 1. The van der Waals surface area contributed by atoms with Crippen molar-refractivity contribution >= 4 is 33.2 Å². The Hall–Kier alpha value is -0.430. The summed E-state index contributed by atoms with van der Waals surface area (Å²) in [5.41, 5.74) is -0.986. The maximum absolute atomic E-state index is 11.7. The molecule has 1 heterocycles. The van der Waals surface area contributed by atoms with Crippen LogP contribution in [0.15, 0.2) is 15.9 Å². The molecule has 0 aromatic carbocycles. The monoisotopic (exact) mass is 293 g/mol. The maximum Gasteiger partial charge on any atom is 0.263 e. The molecule has 4 nitrogen and oxygen atoms in total. The lowest BCUT2D eigenvalue weighted by molar-refractivity contribution is 0.0727. The number of aliphatic hydroxyl groups is 2. The highest BCUT2D eigenvalue weighted by molar-refractivity contribution is 9.10. The number of hydrogen-bond acceptors (Lipinski definition) is 4. The minimum Gasteiger partial charge on any atom is -0.394 e. The molecule has 1 rings (SSSR count). The molecule has 0 radical (unpaired) electrons. The predicted octanol–water partition coefficient (Wildman–Crippen LogP) is 0.984. The van der Waals surface area contributed by atoms with Crippen LogP contribution in [0.3, 0.4) is 0 Å². The van der Waals surface area contributed by atoms with E-state index in [-0.39, 0.29) is 19.1 Å². The van der Waals surface area contributed by atoms with Crippen molar-refractivity contribution in [2.75, 3.05) is 13.2 Å². The van der Waals surface area contributed by atoms with Gasteiger partial charge >= 0.3 is 0 Å². The van der Waals surface area contributed by atoms with Gasteiger partial charge in [-0.1, -0.05) is 0 Å². The first-order valence-electron chi connectivity index (χ1n) is 4.29. The van der Waals surface area contributed by atoms with Crippen molar-refractivity contribution in [3.63, 3.8) is 0 Å². The van der Waals surface area contributed by atoms with Crippen LogP contribution in [0.5, 0.6) is 0 Å². The third kappa shape index (κ3) is 3.01. The fourth-order valence-corrected chi connectivity index (χ4v) is 2.36. The standard InChI is InChI=1S/C9H12BrNO3S/c1-9(4-12,5-13)11-8(14)7-6(10)2-3-15-7/h2-3,12-13H,4-5H2,1H3,(H,11,14). The van der Waals surface area contributed by atoms with Crippen molar-refractivity contribution in [2.24, 2.45) is 0 Å². The molecule has 6 heteroatoms. The Labute approximate surface area is 100 Å². The van der Waals surface area contributed by atoms with Gasteiger partial charge in [-0.05, 0) is 34.3 Å².